The van der Waals surface area contributed by atoms with E-state index in [4.69, 9.17) is 16.3 Å². The summed E-state index contributed by atoms with van der Waals surface area (Å²) in [6.45, 7) is 5.50. The van der Waals surface area contributed by atoms with Gasteiger partial charge in [0.15, 0.2) is 6.61 Å². The minimum absolute atomic E-state index is 0.0495. The number of sulfonamides is 1. The summed E-state index contributed by atoms with van der Waals surface area (Å²) in [4.78, 5) is 14.2. The Balaban J connectivity index is 1.58. The van der Waals surface area contributed by atoms with Crippen LogP contribution in [0.5, 0.6) is 5.75 Å². The quantitative estimate of drug-likeness (QED) is 0.740. The summed E-state index contributed by atoms with van der Waals surface area (Å²) in [7, 11) is -3.75. The van der Waals surface area contributed by atoms with E-state index in [1.54, 1.807) is 30.3 Å². The Labute approximate surface area is 176 Å². The molecule has 156 valence electrons. The van der Waals surface area contributed by atoms with E-state index in [9.17, 15) is 13.2 Å². The smallest absolute Gasteiger partial charge is 0.261 e. The molecular weight excluding hydrogens is 412 g/mol. The first kappa shape index (κ1) is 21.5. The van der Waals surface area contributed by atoms with Gasteiger partial charge < -0.3 is 9.64 Å². The minimum Gasteiger partial charge on any atom is -0.484 e. The maximum Gasteiger partial charge on any atom is 0.261 e. The summed E-state index contributed by atoms with van der Waals surface area (Å²) in [5.41, 5.74) is 1.26. The first-order valence-electron chi connectivity index (χ1n) is 9.54. The Bertz CT molecular complexity index is 969. The topological polar surface area (TPSA) is 75.7 Å². The number of piperidine rings is 1. The highest BCUT2D eigenvalue weighted by Crippen LogP contribution is 2.24. The zero-order chi connectivity index (χ0) is 21.0. The standard InChI is InChI=1S/C21H25ClN2O4S/c1-15-9-11-24(12-10-15)21(25)14-28-18-5-7-19(8-6-18)29(26,27)23-17-4-3-16(2)20(22)13-17/h3-8,13,15,23H,9-12,14H2,1-2H3. The van der Waals surface area contributed by atoms with E-state index in [-0.39, 0.29) is 17.4 Å². The molecule has 3 rings (SSSR count). The number of carbonyl (C=O) groups is 1. The predicted octanol–water partition coefficient (Wildman–Crippen LogP) is 4.09. The lowest BCUT2D eigenvalue weighted by atomic mass is 9.99. The molecule has 1 N–H and O–H groups in total. The van der Waals surface area contributed by atoms with Crippen LogP contribution >= 0.6 is 11.6 Å². The van der Waals surface area contributed by atoms with Crippen molar-refractivity contribution in [3.8, 4) is 5.75 Å². The highest BCUT2D eigenvalue weighted by atomic mass is 35.5. The van der Waals surface area contributed by atoms with Gasteiger partial charge in [-0.25, -0.2) is 8.42 Å². The number of benzene rings is 2. The number of halogens is 1. The fourth-order valence-corrected chi connectivity index (χ4v) is 4.31. The van der Waals surface area contributed by atoms with Crippen molar-refractivity contribution >= 4 is 33.2 Å². The summed E-state index contributed by atoms with van der Waals surface area (Å²) in [6.07, 6.45) is 2.02. The largest absolute Gasteiger partial charge is 0.484 e. The van der Waals surface area contributed by atoms with E-state index in [1.807, 2.05) is 11.8 Å². The lowest BCUT2D eigenvalue weighted by molar-refractivity contribution is -0.134. The van der Waals surface area contributed by atoms with E-state index in [2.05, 4.69) is 11.6 Å². The van der Waals surface area contributed by atoms with Crippen LogP contribution in [0.3, 0.4) is 0 Å². The van der Waals surface area contributed by atoms with Crippen molar-refractivity contribution in [2.75, 3.05) is 24.4 Å². The SMILES string of the molecule is Cc1ccc(NS(=O)(=O)c2ccc(OCC(=O)N3CCC(C)CC3)cc2)cc1Cl. The van der Waals surface area contributed by atoms with Crippen molar-refractivity contribution in [1.82, 2.24) is 4.90 Å². The van der Waals surface area contributed by atoms with Crippen LogP contribution in [0.4, 0.5) is 5.69 Å². The molecule has 29 heavy (non-hydrogen) atoms. The van der Waals surface area contributed by atoms with E-state index in [0.29, 0.717) is 22.4 Å². The molecule has 1 fully saturated rings. The number of hydrogen-bond acceptors (Lipinski definition) is 4. The Morgan fingerprint density at radius 3 is 2.45 bits per heavy atom. The molecule has 0 unspecified atom stereocenters. The van der Waals surface area contributed by atoms with Gasteiger partial charge in [0.1, 0.15) is 5.75 Å². The van der Waals surface area contributed by atoms with Crippen LogP contribution < -0.4 is 9.46 Å². The number of amides is 1. The highest BCUT2D eigenvalue weighted by Gasteiger charge is 2.20. The Hall–Kier alpha value is -2.25. The third-order valence-electron chi connectivity index (χ3n) is 5.06. The molecule has 1 heterocycles. The molecule has 8 heteroatoms. The van der Waals surface area contributed by atoms with Gasteiger partial charge in [0, 0.05) is 18.1 Å². The second-order valence-corrected chi connectivity index (χ2v) is 9.48. The van der Waals surface area contributed by atoms with Gasteiger partial charge in [-0.05, 0) is 67.6 Å². The average molecular weight is 437 g/mol. The van der Waals surface area contributed by atoms with Gasteiger partial charge in [-0.1, -0.05) is 24.6 Å². The molecule has 0 bridgehead atoms. The van der Waals surface area contributed by atoms with Gasteiger partial charge in [0.2, 0.25) is 0 Å². The van der Waals surface area contributed by atoms with E-state index >= 15 is 0 Å². The second-order valence-electron chi connectivity index (χ2n) is 7.39. The molecule has 0 radical (unpaired) electrons. The highest BCUT2D eigenvalue weighted by molar-refractivity contribution is 7.92. The molecular formula is C21H25ClN2O4S. The van der Waals surface area contributed by atoms with Crippen molar-refractivity contribution in [2.24, 2.45) is 5.92 Å². The van der Waals surface area contributed by atoms with Gasteiger partial charge >= 0.3 is 0 Å². The summed E-state index contributed by atoms with van der Waals surface area (Å²) < 4.78 is 33.1. The van der Waals surface area contributed by atoms with Crippen LogP contribution in [0.15, 0.2) is 47.4 Å². The third kappa shape index (κ3) is 5.64. The number of carbonyl (C=O) groups excluding carboxylic acids is 1. The number of rotatable bonds is 6. The molecule has 0 atom stereocenters. The Morgan fingerprint density at radius 2 is 1.83 bits per heavy atom. The fourth-order valence-electron chi connectivity index (χ4n) is 3.08. The molecule has 0 saturated carbocycles. The lowest BCUT2D eigenvalue weighted by Gasteiger charge is -2.30. The van der Waals surface area contributed by atoms with Crippen LogP contribution in [-0.2, 0) is 14.8 Å². The monoisotopic (exact) mass is 436 g/mol. The van der Waals surface area contributed by atoms with Gasteiger partial charge in [0.05, 0.1) is 10.6 Å². The number of aryl methyl sites for hydroxylation is 1. The maximum absolute atomic E-state index is 12.6. The van der Waals surface area contributed by atoms with Crippen molar-refractivity contribution in [3.63, 3.8) is 0 Å². The third-order valence-corrected chi connectivity index (χ3v) is 6.86. The molecule has 1 aliphatic rings. The van der Waals surface area contributed by atoms with E-state index in [1.165, 1.54) is 12.1 Å². The molecule has 2 aromatic rings. The number of hydrogen-bond donors (Lipinski definition) is 1. The zero-order valence-corrected chi connectivity index (χ0v) is 18.1. The van der Waals surface area contributed by atoms with Gasteiger partial charge in [-0.15, -0.1) is 0 Å². The summed E-state index contributed by atoms with van der Waals surface area (Å²) in [6, 6.07) is 10.9. The molecule has 0 aliphatic carbocycles. The summed E-state index contributed by atoms with van der Waals surface area (Å²) in [5, 5.41) is 0.488. The average Bonchev–Trinajstić information content (AvgIpc) is 2.69. The van der Waals surface area contributed by atoms with Crippen molar-refractivity contribution in [1.29, 1.82) is 0 Å². The lowest BCUT2D eigenvalue weighted by Crippen LogP contribution is -2.40. The normalized spacial score (nSPS) is 15.2. The molecule has 1 saturated heterocycles. The number of anilines is 1. The minimum atomic E-state index is -3.75. The zero-order valence-electron chi connectivity index (χ0n) is 16.5. The number of likely N-dealkylation sites (tertiary alicyclic amines) is 1. The fraction of sp³-hybridized carbons (Fsp3) is 0.381. The molecule has 6 nitrogen and oxygen atoms in total. The van der Waals surface area contributed by atoms with Crippen molar-refractivity contribution < 1.29 is 17.9 Å². The number of nitrogens with one attached hydrogen (secondary N) is 1. The summed E-state index contributed by atoms with van der Waals surface area (Å²) in [5.74, 6) is 1.05. The molecule has 1 aliphatic heterocycles. The molecule has 0 aromatic heterocycles. The number of ether oxygens (including phenoxy) is 1. The van der Waals surface area contributed by atoms with Crippen molar-refractivity contribution in [2.45, 2.75) is 31.6 Å². The van der Waals surface area contributed by atoms with Gasteiger partial charge in [0.25, 0.3) is 15.9 Å². The van der Waals surface area contributed by atoms with E-state index < -0.39 is 10.0 Å². The molecule has 1 amide bonds. The predicted molar refractivity (Wildman–Crippen MR) is 114 cm³/mol. The first-order chi connectivity index (χ1) is 13.7. The maximum atomic E-state index is 12.6. The van der Waals surface area contributed by atoms with Crippen LogP contribution in [0.2, 0.25) is 5.02 Å². The molecule has 2 aromatic carbocycles. The van der Waals surface area contributed by atoms with Crippen LogP contribution in [0.25, 0.3) is 0 Å². The first-order valence-corrected chi connectivity index (χ1v) is 11.4. The Morgan fingerprint density at radius 1 is 1.17 bits per heavy atom. The number of nitrogens with zero attached hydrogens (tertiary/aromatic N) is 1. The van der Waals surface area contributed by atoms with Crippen LogP contribution in [0.1, 0.15) is 25.3 Å². The van der Waals surface area contributed by atoms with E-state index in [0.717, 1.165) is 31.5 Å². The van der Waals surface area contributed by atoms with Gasteiger partial charge in [-0.2, -0.15) is 0 Å². The van der Waals surface area contributed by atoms with Crippen LogP contribution in [0, 0.1) is 12.8 Å². The van der Waals surface area contributed by atoms with Crippen LogP contribution in [-0.4, -0.2) is 38.9 Å². The van der Waals surface area contributed by atoms with Crippen molar-refractivity contribution in [3.05, 3.63) is 53.1 Å². The second kappa shape index (κ2) is 9.05. The Kier molecular flexibility index (Phi) is 6.70. The van der Waals surface area contributed by atoms with Gasteiger partial charge in [-0.3, -0.25) is 9.52 Å². The molecule has 0 spiro atoms. The summed E-state index contributed by atoms with van der Waals surface area (Å²) >= 11 is 6.05.